The molecule has 0 saturated carbocycles. The van der Waals surface area contributed by atoms with Crippen molar-refractivity contribution < 1.29 is 4.79 Å². The van der Waals surface area contributed by atoms with Gasteiger partial charge in [-0.3, -0.25) is 4.79 Å². The molecule has 0 saturated heterocycles. The fraction of sp³-hybridized carbons (Fsp3) is 0.143. The molecule has 0 bridgehead atoms. The lowest BCUT2D eigenvalue weighted by molar-refractivity contribution is -0.119. The van der Waals surface area contributed by atoms with Crippen LogP contribution in [0.1, 0.15) is 24.1 Å². The Morgan fingerprint density at radius 3 is 2.52 bits per heavy atom. The largest absolute Gasteiger partial charge is 0.349 e. The summed E-state index contributed by atoms with van der Waals surface area (Å²) in [7, 11) is 0. The molecule has 0 aliphatic heterocycles. The Balaban J connectivity index is 1.58. The molecule has 0 aliphatic carbocycles. The minimum absolute atomic E-state index is 0.00461. The number of nitriles is 1. The van der Waals surface area contributed by atoms with Gasteiger partial charge in [0, 0.05) is 4.90 Å². The van der Waals surface area contributed by atoms with Crippen LogP contribution in [-0.2, 0) is 4.79 Å². The molecule has 25 heavy (non-hydrogen) atoms. The topological polar surface area (TPSA) is 52.9 Å². The van der Waals surface area contributed by atoms with E-state index in [1.54, 1.807) is 12.1 Å². The highest BCUT2D eigenvalue weighted by Gasteiger charge is 2.10. The van der Waals surface area contributed by atoms with Gasteiger partial charge in [0.15, 0.2) is 0 Å². The van der Waals surface area contributed by atoms with Gasteiger partial charge in [-0.1, -0.05) is 36.4 Å². The number of nitrogens with one attached hydrogen (secondary N) is 1. The van der Waals surface area contributed by atoms with Gasteiger partial charge in [0.1, 0.15) is 0 Å². The highest BCUT2D eigenvalue weighted by molar-refractivity contribution is 8.00. The smallest absolute Gasteiger partial charge is 0.230 e. The normalized spacial score (nSPS) is 11.7. The van der Waals surface area contributed by atoms with Crippen molar-refractivity contribution >= 4 is 28.4 Å². The summed E-state index contributed by atoms with van der Waals surface area (Å²) in [6.45, 7) is 1.99. The fourth-order valence-corrected chi connectivity index (χ4v) is 3.33. The molecule has 3 aromatic carbocycles. The quantitative estimate of drug-likeness (QED) is 0.682. The Labute approximate surface area is 151 Å². The average molecular weight is 346 g/mol. The molecule has 4 heteroatoms. The van der Waals surface area contributed by atoms with Crippen molar-refractivity contribution in [3.63, 3.8) is 0 Å². The first-order chi connectivity index (χ1) is 12.2. The Morgan fingerprint density at radius 1 is 1.08 bits per heavy atom. The van der Waals surface area contributed by atoms with Gasteiger partial charge in [0.2, 0.25) is 5.91 Å². The third-order valence-corrected chi connectivity index (χ3v) is 5.02. The maximum Gasteiger partial charge on any atom is 0.230 e. The van der Waals surface area contributed by atoms with Crippen molar-refractivity contribution in [2.24, 2.45) is 0 Å². The first kappa shape index (κ1) is 17.1. The number of hydrogen-bond acceptors (Lipinski definition) is 3. The van der Waals surface area contributed by atoms with Crippen LogP contribution in [0.3, 0.4) is 0 Å². The van der Waals surface area contributed by atoms with Crippen molar-refractivity contribution in [3.05, 3.63) is 77.9 Å². The highest BCUT2D eigenvalue weighted by Crippen LogP contribution is 2.21. The average Bonchev–Trinajstić information content (AvgIpc) is 2.66. The number of hydrogen-bond donors (Lipinski definition) is 1. The molecule has 3 nitrogen and oxygen atoms in total. The number of amides is 1. The van der Waals surface area contributed by atoms with Gasteiger partial charge in [0.05, 0.1) is 23.4 Å². The van der Waals surface area contributed by atoms with Crippen LogP contribution < -0.4 is 5.32 Å². The van der Waals surface area contributed by atoms with Crippen LogP contribution in [0.4, 0.5) is 0 Å². The standard InChI is InChI=1S/C21H18N2OS/c1-15(18-9-8-17-4-2-3-5-19(17)12-18)23-21(24)14-25-20-10-6-16(13-22)7-11-20/h2-12,15H,14H2,1H3,(H,23,24). The summed E-state index contributed by atoms with van der Waals surface area (Å²) in [5, 5.41) is 14.2. The molecular formula is C21H18N2OS. The lowest BCUT2D eigenvalue weighted by Gasteiger charge is -2.15. The summed E-state index contributed by atoms with van der Waals surface area (Å²) in [5.74, 6) is 0.346. The molecule has 1 amide bonds. The van der Waals surface area contributed by atoms with Crippen LogP contribution in [0.15, 0.2) is 71.6 Å². The third-order valence-electron chi connectivity index (χ3n) is 4.00. The summed E-state index contributed by atoms with van der Waals surface area (Å²) in [6, 6.07) is 23.8. The molecule has 3 aromatic rings. The number of fused-ring (bicyclic) bond motifs is 1. The molecular weight excluding hydrogens is 328 g/mol. The third kappa shape index (κ3) is 4.40. The van der Waals surface area contributed by atoms with E-state index in [9.17, 15) is 4.79 Å². The molecule has 0 aliphatic rings. The summed E-state index contributed by atoms with van der Waals surface area (Å²) in [5.41, 5.74) is 1.72. The van der Waals surface area contributed by atoms with Gasteiger partial charge in [-0.05, 0) is 53.6 Å². The van der Waals surface area contributed by atoms with Gasteiger partial charge in [-0.2, -0.15) is 5.26 Å². The van der Waals surface area contributed by atoms with Gasteiger partial charge >= 0.3 is 0 Å². The molecule has 1 N–H and O–H groups in total. The van der Waals surface area contributed by atoms with E-state index < -0.39 is 0 Å². The zero-order chi connectivity index (χ0) is 17.6. The zero-order valence-corrected chi connectivity index (χ0v) is 14.7. The Hall–Kier alpha value is -2.77. The highest BCUT2D eigenvalue weighted by atomic mass is 32.2. The SMILES string of the molecule is CC(NC(=O)CSc1ccc(C#N)cc1)c1ccc2ccccc2c1. The zero-order valence-electron chi connectivity index (χ0n) is 13.9. The van der Waals surface area contributed by atoms with Crippen molar-refractivity contribution in [3.8, 4) is 6.07 Å². The van der Waals surface area contributed by atoms with E-state index in [1.807, 2.05) is 31.2 Å². The van der Waals surface area contributed by atoms with E-state index in [0.717, 1.165) is 10.5 Å². The minimum Gasteiger partial charge on any atom is -0.349 e. The predicted octanol–water partition coefficient (Wildman–Crippen LogP) is 4.68. The molecule has 1 atom stereocenters. The van der Waals surface area contributed by atoms with Gasteiger partial charge in [-0.15, -0.1) is 11.8 Å². The molecule has 0 heterocycles. The van der Waals surface area contributed by atoms with Crippen LogP contribution in [0.2, 0.25) is 0 Å². The summed E-state index contributed by atoms with van der Waals surface area (Å²) >= 11 is 1.47. The van der Waals surface area contributed by atoms with E-state index in [2.05, 4.69) is 41.7 Å². The second-order valence-electron chi connectivity index (χ2n) is 5.82. The Kier molecular flexibility index (Phi) is 5.37. The van der Waals surface area contributed by atoms with E-state index in [1.165, 1.54) is 22.5 Å². The van der Waals surface area contributed by atoms with Crippen molar-refractivity contribution in [2.75, 3.05) is 5.75 Å². The molecule has 0 aromatic heterocycles. The molecule has 0 radical (unpaired) electrons. The van der Waals surface area contributed by atoms with Crippen LogP contribution in [0.25, 0.3) is 10.8 Å². The van der Waals surface area contributed by atoms with Crippen LogP contribution in [-0.4, -0.2) is 11.7 Å². The van der Waals surface area contributed by atoms with E-state index >= 15 is 0 Å². The molecule has 3 rings (SSSR count). The fourth-order valence-electron chi connectivity index (χ4n) is 2.62. The molecule has 1 unspecified atom stereocenters. The maximum atomic E-state index is 12.2. The van der Waals surface area contributed by atoms with Crippen molar-refractivity contribution in [2.45, 2.75) is 17.9 Å². The Bertz CT molecular complexity index is 929. The minimum atomic E-state index is -0.0429. The van der Waals surface area contributed by atoms with Gasteiger partial charge in [0.25, 0.3) is 0 Å². The predicted molar refractivity (Wildman–Crippen MR) is 102 cm³/mol. The number of benzene rings is 3. The van der Waals surface area contributed by atoms with Crippen LogP contribution in [0.5, 0.6) is 0 Å². The first-order valence-corrected chi connectivity index (χ1v) is 9.05. The monoisotopic (exact) mass is 346 g/mol. The van der Waals surface area contributed by atoms with Crippen molar-refractivity contribution in [1.82, 2.24) is 5.32 Å². The van der Waals surface area contributed by atoms with Gasteiger partial charge in [-0.25, -0.2) is 0 Å². The van der Waals surface area contributed by atoms with Crippen molar-refractivity contribution in [1.29, 1.82) is 5.26 Å². The van der Waals surface area contributed by atoms with E-state index in [0.29, 0.717) is 11.3 Å². The lowest BCUT2D eigenvalue weighted by atomic mass is 10.0. The number of carbonyl (C=O) groups excluding carboxylic acids is 1. The number of nitrogens with zero attached hydrogens (tertiary/aromatic N) is 1. The second-order valence-corrected chi connectivity index (χ2v) is 6.87. The Morgan fingerprint density at radius 2 is 1.80 bits per heavy atom. The van der Waals surface area contributed by atoms with E-state index in [4.69, 9.17) is 5.26 Å². The van der Waals surface area contributed by atoms with Crippen LogP contribution >= 0.6 is 11.8 Å². The molecule has 124 valence electrons. The van der Waals surface area contributed by atoms with Crippen LogP contribution in [0, 0.1) is 11.3 Å². The van der Waals surface area contributed by atoms with Gasteiger partial charge < -0.3 is 5.32 Å². The lowest BCUT2D eigenvalue weighted by Crippen LogP contribution is -2.28. The van der Waals surface area contributed by atoms with E-state index in [-0.39, 0.29) is 11.9 Å². The first-order valence-electron chi connectivity index (χ1n) is 8.07. The molecule has 0 fully saturated rings. The summed E-state index contributed by atoms with van der Waals surface area (Å²) in [4.78, 5) is 13.2. The number of thioether (sulfide) groups is 1. The number of carbonyl (C=O) groups is 1. The number of rotatable bonds is 5. The second kappa shape index (κ2) is 7.87. The summed E-state index contributed by atoms with van der Waals surface area (Å²) < 4.78 is 0. The maximum absolute atomic E-state index is 12.2. The summed E-state index contributed by atoms with van der Waals surface area (Å²) in [6.07, 6.45) is 0. The molecule has 0 spiro atoms.